The first-order chi connectivity index (χ1) is 13.9. The Balaban J connectivity index is 1.44. The lowest BCUT2D eigenvalue weighted by atomic mass is 9.87. The SMILES string of the molecule is O=C(c1ccccc1Cl)N1CCC2(CC1)NC(=O)N(Cc1ccc(F)cc1)C2=O. The average molecular weight is 416 g/mol. The summed E-state index contributed by atoms with van der Waals surface area (Å²) < 4.78 is 13.1. The summed E-state index contributed by atoms with van der Waals surface area (Å²) in [7, 11) is 0. The smallest absolute Gasteiger partial charge is 0.325 e. The van der Waals surface area contributed by atoms with Gasteiger partial charge in [-0.1, -0.05) is 35.9 Å². The molecular formula is C21H19ClFN3O3. The highest BCUT2D eigenvalue weighted by Crippen LogP contribution is 2.31. The average Bonchev–Trinajstić information content (AvgIpc) is 2.94. The number of hydrogen-bond donors (Lipinski definition) is 1. The van der Waals surface area contributed by atoms with Crippen LogP contribution in [0, 0.1) is 5.82 Å². The van der Waals surface area contributed by atoms with Crippen LogP contribution >= 0.6 is 11.6 Å². The van der Waals surface area contributed by atoms with Crippen molar-refractivity contribution < 1.29 is 18.8 Å². The zero-order valence-corrected chi connectivity index (χ0v) is 16.3. The normalized spacial score (nSPS) is 18.3. The number of piperidine rings is 1. The fourth-order valence-corrected chi connectivity index (χ4v) is 4.04. The van der Waals surface area contributed by atoms with Crippen molar-refractivity contribution in [3.05, 3.63) is 70.5 Å². The summed E-state index contributed by atoms with van der Waals surface area (Å²) in [5, 5.41) is 3.19. The molecule has 0 unspecified atom stereocenters. The number of imide groups is 1. The molecule has 2 aliphatic rings. The maximum atomic E-state index is 13.1. The Morgan fingerprint density at radius 3 is 2.38 bits per heavy atom. The van der Waals surface area contributed by atoms with Crippen LogP contribution in [0.15, 0.2) is 48.5 Å². The maximum absolute atomic E-state index is 13.1. The minimum absolute atomic E-state index is 0.0783. The van der Waals surface area contributed by atoms with Gasteiger partial charge in [0.05, 0.1) is 17.1 Å². The zero-order chi connectivity index (χ0) is 20.6. The molecular weight excluding hydrogens is 397 g/mol. The monoisotopic (exact) mass is 415 g/mol. The van der Waals surface area contributed by atoms with Gasteiger partial charge in [-0.2, -0.15) is 0 Å². The lowest BCUT2D eigenvalue weighted by Crippen LogP contribution is -2.55. The summed E-state index contributed by atoms with van der Waals surface area (Å²) in [6.07, 6.45) is 0.654. The lowest BCUT2D eigenvalue weighted by Gasteiger charge is -2.37. The van der Waals surface area contributed by atoms with Crippen LogP contribution in [0.5, 0.6) is 0 Å². The Hall–Kier alpha value is -2.93. The molecule has 0 atom stereocenters. The van der Waals surface area contributed by atoms with Crippen molar-refractivity contribution in [2.24, 2.45) is 0 Å². The van der Waals surface area contributed by atoms with Gasteiger partial charge in [0.1, 0.15) is 11.4 Å². The Labute approximate surface area is 172 Å². The van der Waals surface area contributed by atoms with Gasteiger partial charge in [0.25, 0.3) is 11.8 Å². The highest BCUT2D eigenvalue weighted by molar-refractivity contribution is 6.33. The molecule has 0 aliphatic carbocycles. The first-order valence-corrected chi connectivity index (χ1v) is 9.70. The molecule has 6 nitrogen and oxygen atoms in total. The number of likely N-dealkylation sites (tertiary alicyclic amines) is 1. The number of urea groups is 1. The summed E-state index contributed by atoms with van der Waals surface area (Å²) in [6, 6.07) is 12.1. The van der Waals surface area contributed by atoms with Gasteiger partial charge in [0.15, 0.2) is 0 Å². The van der Waals surface area contributed by atoms with Gasteiger partial charge in [-0.25, -0.2) is 9.18 Å². The number of nitrogens with zero attached hydrogens (tertiary/aromatic N) is 2. The quantitative estimate of drug-likeness (QED) is 0.782. The zero-order valence-electron chi connectivity index (χ0n) is 15.5. The second-order valence-corrected chi connectivity index (χ2v) is 7.71. The van der Waals surface area contributed by atoms with Crippen molar-refractivity contribution in [1.82, 2.24) is 15.1 Å². The highest BCUT2D eigenvalue weighted by Gasteiger charge is 2.52. The molecule has 0 radical (unpaired) electrons. The predicted octanol–water partition coefficient (Wildman–Crippen LogP) is 3.21. The second-order valence-electron chi connectivity index (χ2n) is 7.30. The third kappa shape index (κ3) is 3.58. The maximum Gasteiger partial charge on any atom is 0.325 e. The number of carbonyl (C=O) groups is 3. The van der Waals surface area contributed by atoms with Gasteiger partial charge in [0, 0.05) is 13.1 Å². The number of hydrogen-bond acceptors (Lipinski definition) is 3. The number of amides is 4. The highest BCUT2D eigenvalue weighted by atomic mass is 35.5. The van der Waals surface area contributed by atoms with E-state index in [1.54, 1.807) is 41.3 Å². The van der Waals surface area contributed by atoms with Crippen molar-refractivity contribution >= 4 is 29.4 Å². The Morgan fingerprint density at radius 1 is 1.07 bits per heavy atom. The van der Waals surface area contributed by atoms with Gasteiger partial charge in [0.2, 0.25) is 0 Å². The van der Waals surface area contributed by atoms with Crippen molar-refractivity contribution in [2.75, 3.05) is 13.1 Å². The van der Waals surface area contributed by atoms with Crippen molar-refractivity contribution in [3.8, 4) is 0 Å². The molecule has 1 N–H and O–H groups in total. The third-order valence-electron chi connectivity index (χ3n) is 5.51. The second kappa shape index (κ2) is 7.48. The summed E-state index contributed by atoms with van der Waals surface area (Å²) >= 11 is 6.12. The first-order valence-electron chi connectivity index (χ1n) is 9.32. The molecule has 1 spiro atoms. The van der Waals surface area contributed by atoms with E-state index in [1.807, 2.05) is 0 Å². The van der Waals surface area contributed by atoms with Crippen LogP contribution in [0.3, 0.4) is 0 Å². The fraction of sp³-hybridized carbons (Fsp3) is 0.286. The van der Waals surface area contributed by atoms with Gasteiger partial charge in [-0.3, -0.25) is 14.5 Å². The molecule has 2 aliphatic heterocycles. The molecule has 0 saturated carbocycles. The Bertz CT molecular complexity index is 971. The van der Waals surface area contributed by atoms with E-state index in [2.05, 4.69) is 5.32 Å². The third-order valence-corrected chi connectivity index (χ3v) is 5.84. The van der Waals surface area contributed by atoms with E-state index < -0.39 is 11.6 Å². The van der Waals surface area contributed by atoms with Crippen LogP contribution in [-0.2, 0) is 11.3 Å². The first kappa shape index (κ1) is 19.4. The summed E-state index contributed by atoms with van der Waals surface area (Å²) in [4.78, 5) is 41.0. The van der Waals surface area contributed by atoms with Gasteiger partial charge >= 0.3 is 6.03 Å². The van der Waals surface area contributed by atoms with Crippen LogP contribution in [0.25, 0.3) is 0 Å². The van der Waals surface area contributed by atoms with Crippen molar-refractivity contribution in [2.45, 2.75) is 24.9 Å². The fourth-order valence-electron chi connectivity index (χ4n) is 3.83. The van der Waals surface area contributed by atoms with Crippen LogP contribution in [0.4, 0.5) is 9.18 Å². The summed E-state index contributed by atoms with van der Waals surface area (Å²) in [5.74, 6) is -0.875. The van der Waals surface area contributed by atoms with Gasteiger partial charge in [-0.05, 0) is 42.7 Å². The molecule has 29 heavy (non-hydrogen) atoms. The molecule has 150 valence electrons. The minimum Gasteiger partial charge on any atom is -0.338 e. The lowest BCUT2D eigenvalue weighted by molar-refractivity contribution is -0.133. The molecule has 8 heteroatoms. The van der Waals surface area contributed by atoms with Crippen LogP contribution in [-0.4, -0.2) is 46.3 Å². The van der Waals surface area contributed by atoms with E-state index in [-0.39, 0.29) is 24.2 Å². The summed E-state index contributed by atoms with van der Waals surface area (Å²) in [6.45, 7) is 0.746. The predicted molar refractivity (Wildman–Crippen MR) is 105 cm³/mol. The van der Waals surface area contributed by atoms with E-state index in [0.717, 1.165) is 4.90 Å². The molecule has 2 heterocycles. The molecule has 4 rings (SSSR count). The molecule has 2 fully saturated rings. The largest absolute Gasteiger partial charge is 0.338 e. The number of rotatable bonds is 3. The van der Waals surface area contributed by atoms with E-state index in [4.69, 9.17) is 11.6 Å². The van der Waals surface area contributed by atoms with Crippen LogP contribution < -0.4 is 5.32 Å². The van der Waals surface area contributed by atoms with Crippen LogP contribution in [0.2, 0.25) is 5.02 Å². The molecule has 2 saturated heterocycles. The number of carbonyl (C=O) groups excluding carboxylic acids is 3. The van der Waals surface area contributed by atoms with Gasteiger partial charge < -0.3 is 10.2 Å². The Morgan fingerprint density at radius 2 is 1.72 bits per heavy atom. The molecule has 2 aromatic carbocycles. The molecule has 2 aromatic rings. The number of halogens is 2. The standard InChI is InChI=1S/C21H19ClFN3O3/c22-17-4-2-1-3-16(17)18(27)25-11-9-21(10-12-25)19(28)26(20(29)24-21)13-14-5-7-15(23)8-6-14/h1-8H,9-13H2,(H,24,29). The van der Waals surface area contributed by atoms with Gasteiger partial charge in [-0.15, -0.1) is 0 Å². The number of benzene rings is 2. The summed E-state index contributed by atoms with van der Waals surface area (Å²) in [5.41, 5.74) is 0.0806. The van der Waals surface area contributed by atoms with E-state index in [9.17, 15) is 18.8 Å². The Kier molecular flexibility index (Phi) is 5.00. The molecule has 0 bridgehead atoms. The molecule has 0 aromatic heterocycles. The van der Waals surface area contributed by atoms with Crippen molar-refractivity contribution in [1.29, 1.82) is 0 Å². The van der Waals surface area contributed by atoms with Crippen molar-refractivity contribution in [3.63, 3.8) is 0 Å². The topological polar surface area (TPSA) is 69.7 Å². The molecule has 4 amide bonds. The number of nitrogens with one attached hydrogen (secondary N) is 1. The van der Waals surface area contributed by atoms with Crippen LogP contribution in [0.1, 0.15) is 28.8 Å². The minimum atomic E-state index is -1.01. The van der Waals surface area contributed by atoms with E-state index in [0.29, 0.717) is 42.1 Å². The van der Waals surface area contributed by atoms with E-state index in [1.165, 1.54) is 12.1 Å². The van der Waals surface area contributed by atoms with E-state index >= 15 is 0 Å².